The van der Waals surface area contributed by atoms with Gasteiger partial charge in [-0.15, -0.1) is 0 Å². The first kappa shape index (κ1) is 30.4. The topological polar surface area (TPSA) is 183 Å². The van der Waals surface area contributed by atoms with Gasteiger partial charge in [0.05, 0.1) is 17.0 Å². The lowest BCUT2D eigenvalue weighted by atomic mass is 9.65. The summed E-state index contributed by atoms with van der Waals surface area (Å²) in [5.74, 6) is -4.07. The van der Waals surface area contributed by atoms with E-state index in [1.54, 1.807) is 24.3 Å². The maximum atomic E-state index is 13.4. The van der Waals surface area contributed by atoms with Gasteiger partial charge in [-0.3, -0.25) is 15.0 Å². The zero-order chi connectivity index (χ0) is 30.4. The average molecular weight is 566 g/mol. The van der Waals surface area contributed by atoms with Gasteiger partial charge in [0.2, 0.25) is 11.8 Å². The summed E-state index contributed by atoms with van der Waals surface area (Å²) in [4.78, 5) is 34.4. The molecule has 0 bridgehead atoms. The fourth-order valence-electron chi connectivity index (χ4n) is 4.93. The third kappa shape index (κ3) is 6.70. The number of carbonyl (C=O) groups excluding carboxylic acids is 2. The molecule has 41 heavy (non-hydrogen) atoms. The van der Waals surface area contributed by atoms with Crippen LogP contribution in [0.25, 0.3) is 11.1 Å². The van der Waals surface area contributed by atoms with Crippen LogP contribution < -0.4 is 16.8 Å². The molecule has 0 radical (unpaired) electrons. The van der Waals surface area contributed by atoms with Crippen molar-refractivity contribution in [2.24, 2.45) is 11.5 Å². The molecule has 3 aromatic rings. The molecule has 1 saturated heterocycles. The number of benzene rings is 3. The van der Waals surface area contributed by atoms with Gasteiger partial charge in [0.15, 0.2) is 0 Å². The summed E-state index contributed by atoms with van der Waals surface area (Å²) in [6.07, 6.45) is -4.63. The van der Waals surface area contributed by atoms with Crippen LogP contribution >= 0.6 is 0 Å². The smallest absolute Gasteiger partial charge is 0.475 e. The van der Waals surface area contributed by atoms with Crippen molar-refractivity contribution in [3.63, 3.8) is 0 Å². The molecule has 1 aliphatic rings. The summed E-state index contributed by atoms with van der Waals surface area (Å²) in [5, 5.41) is 27.3. The summed E-state index contributed by atoms with van der Waals surface area (Å²) in [7, 11) is 0. The monoisotopic (exact) mass is 565 g/mol. The lowest BCUT2D eigenvalue weighted by Crippen LogP contribution is -2.42. The van der Waals surface area contributed by atoms with Crippen LogP contribution in [-0.2, 0) is 19.8 Å². The maximum Gasteiger partial charge on any atom is 0.490 e. The van der Waals surface area contributed by atoms with Crippen molar-refractivity contribution in [2.75, 3.05) is 6.54 Å². The largest absolute Gasteiger partial charge is 0.490 e. The molecule has 0 aromatic heterocycles. The Morgan fingerprint density at radius 2 is 1.71 bits per heavy atom. The highest BCUT2D eigenvalue weighted by molar-refractivity contribution is 5.96. The number of amides is 2. The molecule has 2 unspecified atom stereocenters. The standard InChI is InChI=1S/C27H25N5O2.C2HF3O2/c28-16-20-4-1-2-7-22(20)17-8-10-21(11-9-17)27(12-13-32-26(27)34)23(15-24(29)33)18-5-3-6-19(14-18)25(30)31;3-2(4,5)1(6)7/h1-11,14,23H,12-13,15H2,(H2,29,33)(H3,30,31)(H,32,34);(H,6,7). The van der Waals surface area contributed by atoms with Crippen molar-refractivity contribution >= 4 is 23.6 Å². The minimum absolute atomic E-state index is 0.0339. The first-order chi connectivity index (χ1) is 19.3. The van der Waals surface area contributed by atoms with E-state index in [-0.39, 0.29) is 18.2 Å². The van der Waals surface area contributed by atoms with Gasteiger partial charge in [-0.25, -0.2) is 4.79 Å². The van der Waals surface area contributed by atoms with Crippen LogP contribution in [0.3, 0.4) is 0 Å². The Kier molecular flexibility index (Phi) is 9.14. The number of nitrogen functional groups attached to an aromatic ring is 1. The molecule has 1 fully saturated rings. The van der Waals surface area contributed by atoms with Gasteiger partial charge in [-0.05, 0) is 40.8 Å². The molecule has 1 aliphatic heterocycles. The number of carbonyl (C=O) groups is 3. The Bertz CT molecular complexity index is 1520. The second kappa shape index (κ2) is 12.3. The van der Waals surface area contributed by atoms with Crippen LogP contribution in [0.5, 0.6) is 0 Å². The number of alkyl halides is 3. The minimum Gasteiger partial charge on any atom is -0.475 e. The predicted octanol–water partition coefficient (Wildman–Crippen LogP) is 3.56. The number of nitrogens with one attached hydrogen (secondary N) is 2. The van der Waals surface area contributed by atoms with Crippen LogP contribution in [0.4, 0.5) is 13.2 Å². The Morgan fingerprint density at radius 3 is 2.22 bits per heavy atom. The number of rotatable bonds is 7. The van der Waals surface area contributed by atoms with Gasteiger partial charge in [0.1, 0.15) is 5.84 Å². The summed E-state index contributed by atoms with van der Waals surface area (Å²) < 4.78 is 31.7. The molecule has 0 aliphatic carbocycles. The van der Waals surface area contributed by atoms with E-state index in [1.807, 2.05) is 48.5 Å². The van der Waals surface area contributed by atoms with Crippen LogP contribution in [-0.4, -0.2) is 41.4 Å². The molecule has 0 spiro atoms. The number of nitrogens with two attached hydrogens (primary N) is 2. The summed E-state index contributed by atoms with van der Waals surface area (Å²) in [5.41, 5.74) is 14.6. The highest BCUT2D eigenvalue weighted by Crippen LogP contribution is 2.47. The summed E-state index contributed by atoms with van der Waals surface area (Å²) in [6, 6.07) is 24.2. The Labute approximate surface area is 233 Å². The fraction of sp³-hybridized carbons (Fsp3) is 0.207. The lowest BCUT2D eigenvalue weighted by Gasteiger charge is -2.36. The number of nitriles is 1. The molecule has 7 N–H and O–H groups in total. The highest BCUT2D eigenvalue weighted by atomic mass is 19.4. The van der Waals surface area contributed by atoms with Gasteiger partial charge in [0, 0.05) is 24.4 Å². The third-order valence-electron chi connectivity index (χ3n) is 6.81. The van der Waals surface area contributed by atoms with Crippen LogP contribution in [0.15, 0.2) is 72.8 Å². The quantitative estimate of drug-likeness (QED) is 0.215. The molecule has 0 saturated carbocycles. The van der Waals surface area contributed by atoms with E-state index in [2.05, 4.69) is 11.4 Å². The van der Waals surface area contributed by atoms with Crippen molar-refractivity contribution in [1.82, 2.24) is 5.32 Å². The molecule has 1 heterocycles. The molecule has 12 heteroatoms. The van der Waals surface area contributed by atoms with Gasteiger partial charge in [-0.2, -0.15) is 18.4 Å². The molecular formula is C29H26F3N5O4. The maximum absolute atomic E-state index is 13.4. The minimum atomic E-state index is -5.08. The molecular weight excluding hydrogens is 539 g/mol. The van der Waals surface area contributed by atoms with E-state index >= 15 is 0 Å². The number of carboxylic acids is 1. The van der Waals surface area contributed by atoms with Crippen molar-refractivity contribution in [3.8, 4) is 17.2 Å². The normalized spacial score (nSPS) is 16.9. The van der Waals surface area contributed by atoms with E-state index in [9.17, 15) is 28.0 Å². The van der Waals surface area contributed by atoms with Crippen LogP contribution in [0, 0.1) is 16.7 Å². The van der Waals surface area contributed by atoms with Gasteiger partial charge < -0.3 is 21.9 Å². The van der Waals surface area contributed by atoms with Crippen molar-refractivity contribution in [2.45, 2.75) is 30.4 Å². The molecule has 2 atom stereocenters. The van der Waals surface area contributed by atoms with Crippen LogP contribution in [0.2, 0.25) is 0 Å². The van der Waals surface area contributed by atoms with E-state index in [0.717, 1.165) is 22.3 Å². The van der Waals surface area contributed by atoms with E-state index in [1.165, 1.54) is 0 Å². The molecule has 212 valence electrons. The molecule has 3 aromatic carbocycles. The van der Waals surface area contributed by atoms with E-state index < -0.39 is 29.4 Å². The average Bonchev–Trinajstić information content (AvgIpc) is 3.33. The second-order valence-corrected chi connectivity index (χ2v) is 9.28. The summed E-state index contributed by atoms with van der Waals surface area (Å²) in [6.45, 7) is 0.472. The molecule has 4 rings (SSSR count). The first-order valence-electron chi connectivity index (χ1n) is 12.2. The number of primary amides is 1. The lowest BCUT2D eigenvalue weighted by molar-refractivity contribution is -0.192. The number of hydrogen-bond donors (Lipinski definition) is 5. The molecule has 9 nitrogen and oxygen atoms in total. The molecule has 2 amide bonds. The first-order valence-corrected chi connectivity index (χ1v) is 12.2. The number of carboxylic acid groups (broad SMARTS) is 1. The zero-order valence-corrected chi connectivity index (χ0v) is 21.5. The Balaban J connectivity index is 0.000000587. The fourth-order valence-corrected chi connectivity index (χ4v) is 4.93. The number of halogens is 3. The Hall–Kier alpha value is -5.18. The van der Waals surface area contributed by atoms with Crippen molar-refractivity contribution in [3.05, 3.63) is 95.1 Å². The number of hydrogen-bond acceptors (Lipinski definition) is 5. The Morgan fingerprint density at radius 1 is 1.07 bits per heavy atom. The predicted molar refractivity (Wildman–Crippen MR) is 144 cm³/mol. The van der Waals surface area contributed by atoms with Gasteiger partial charge in [-0.1, -0.05) is 60.7 Å². The second-order valence-electron chi connectivity index (χ2n) is 9.28. The van der Waals surface area contributed by atoms with E-state index in [0.29, 0.717) is 24.1 Å². The van der Waals surface area contributed by atoms with Crippen LogP contribution in [0.1, 0.15) is 41.0 Å². The number of aliphatic carboxylic acids is 1. The number of nitrogens with zero attached hydrogens (tertiary/aromatic N) is 1. The SMILES string of the molecule is N#Cc1ccccc1-c1ccc(C2(C(CC(N)=O)c3cccc(C(=N)N)c3)CCNC2=O)cc1.O=C(O)C(F)(F)F. The zero-order valence-electron chi connectivity index (χ0n) is 21.5. The van der Waals surface area contributed by atoms with Gasteiger partial charge >= 0.3 is 12.1 Å². The number of amidine groups is 1. The third-order valence-corrected chi connectivity index (χ3v) is 6.81. The summed E-state index contributed by atoms with van der Waals surface area (Å²) >= 11 is 0. The van der Waals surface area contributed by atoms with Gasteiger partial charge in [0.25, 0.3) is 0 Å². The van der Waals surface area contributed by atoms with E-state index in [4.69, 9.17) is 26.8 Å². The van der Waals surface area contributed by atoms with Crippen molar-refractivity contribution < 1.29 is 32.7 Å². The van der Waals surface area contributed by atoms with Crippen molar-refractivity contribution in [1.29, 1.82) is 10.7 Å². The highest BCUT2D eigenvalue weighted by Gasteiger charge is 2.51.